The number of carbonyl (C=O) groups excluding carboxylic acids is 1. The minimum Gasteiger partial charge on any atom is -0.486 e. The molecular weight excluding hydrogens is 278 g/mol. The number of likely N-dealkylation sites (N-methyl/N-ethyl adjacent to an activating group) is 1. The quantitative estimate of drug-likeness (QED) is 0.870. The van der Waals surface area contributed by atoms with E-state index in [2.05, 4.69) is 9.88 Å². The van der Waals surface area contributed by atoms with E-state index < -0.39 is 0 Å². The molecule has 0 fully saturated rings. The molecule has 1 aliphatic heterocycles. The first-order valence-corrected chi connectivity index (χ1v) is 7.51. The molecule has 1 aromatic carbocycles. The molecule has 0 aliphatic carbocycles. The average molecular weight is 299 g/mol. The van der Waals surface area contributed by atoms with Crippen LogP contribution in [0.25, 0.3) is 10.9 Å². The molecule has 0 N–H and O–H groups in total. The first kappa shape index (κ1) is 14.8. The highest BCUT2D eigenvalue weighted by Gasteiger charge is 2.28. The summed E-state index contributed by atoms with van der Waals surface area (Å²) < 4.78 is 6.10. The van der Waals surface area contributed by atoms with Gasteiger partial charge in [-0.25, -0.2) is 4.98 Å². The van der Waals surface area contributed by atoms with Crippen molar-refractivity contribution in [2.24, 2.45) is 0 Å². The van der Waals surface area contributed by atoms with E-state index in [0.717, 1.165) is 23.9 Å². The van der Waals surface area contributed by atoms with Crippen molar-refractivity contribution in [2.45, 2.75) is 12.5 Å². The molecule has 3 rings (SSSR count). The van der Waals surface area contributed by atoms with Crippen LogP contribution in [0.2, 0.25) is 0 Å². The van der Waals surface area contributed by atoms with Crippen molar-refractivity contribution >= 4 is 16.8 Å². The molecule has 2 heterocycles. The summed E-state index contributed by atoms with van der Waals surface area (Å²) in [5.74, 6) is 0.518. The molecule has 22 heavy (non-hydrogen) atoms. The Labute approximate surface area is 130 Å². The van der Waals surface area contributed by atoms with E-state index >= 15 is 0 Å². The van der Waals surface area contributed by atoms with Crippen LogP contribution < -0.4 is 4.74 Å². The van der Waals surface area contributed by atoms with Gasteiger partial charge in [0.15, 0.2) is 11.4 Å². The molecular formula is C17H21N3O2. The number of ether oxygens (including phenoxy) is 1. The van der Waals surface area contributed by atoms with E-state index in [1.165, 1.54) is 0 Å². The molecule has 2 aromatic rings. The Balaban J connectivity index is 1.98. The second-order valence-electron chi connectivity index (χ2n) is 6.05. The van der Waals surface area contributed by atoms with E-state index in [9.17, 15) is 4.79 Å². The highest BCUT2D eigenvalue weighted by atomic mass is 16.5. The summed E-state index contributed by atoms with van der Waals surface area (Å²) in [6, 6.07) is 9.71. The molecule has 0 saturated heterocycles. The molecule has 1 unspecified atom stereocenters. The Morgan fingerprint density at radius 3 is 2.91 bits per heavy atom. The highest BCUT2D eigenvalue weighted by molar-refractivity contribution is 5.98. The zero-order chi connectivity index (χ0) is 15.7. The summed E-state index contributed by atoms with van der Waals surface area (Å²) >= 11 is 0. The zero-order valence-electron chi connectivity index (χ0n) is 13.2. The van der Waals surface area contributed by atoms with Gasteiger partial charge in [-0.05, 0) is 32.6 Å². The van der Waals surface area contributed by atoms with E-state index in [1.807, 2.05) is 44.4 Å². The van der Waals surface area contributed by atoms with Crippen LogP contribution in [0.15, 0.2) is 30.3 Å². The normalized spacial score (nSPS) is 18.3. The Morgan fingerprint density at radius 2 is 2.14 bits per heavy atom. The number of carbonyl (C=O) groups is 1. The van der Waals surface area contributed by atoms with Crippen LogP contribution in [0.4, 0.5) is 0 Å². The lowest BCUT2D eigenvalue weighted by Crippen LogP contribution is -2.35. The van der Waals surface area contributed by atoms with E-state index in [1.54, 1.807) is 11.9 Å². The fourth-order valence-electron chi connectivity index (χ4n) is 2.68. The van der Waals surface area contributed by atoms with Gasteiger partial charge in [0, 0.05) is 19.0 Å². The van der Waals surface area contributed by atoms with Crippen molar-refractivity contribution in [1.82, 2.24) is 14.8 Å². The molecule has 1 aliphatic rings. The summed E-state index contributed by atoms with van der Waals surface area (Å²) in [5, 5.41) is 0.991. The fourth-order valence-corrected chi connectivity index (χ4v) is 2.68. The maximum atomic E-state index is 12.5. The molecule has 1 amide bonds. The fraction of sp³-hybridized carbons (Fsp3) is 0.412. The number of fused-ring (bicyclic) bond motifs is 2. The third-order valence-electron chi connectivity index (χ3n) is 3.91. The maximum Gasteiger partial charge on any atom is 0.276 e. The highest BCUT2D eigenvalue weighted by Crippen LogP contribution is 2.28. The van der Waals surface area contributed by atoms with E-state index in [4.69, 9.17) is 4.74 Å². The Bertz CT molecular complexity index is 699. The smallest absolute Gasteiger partial charge is 0.276 e. The summed E-state index contributed by atoms with van der Waals surface area (Å²) in [7, 11) is 5.88. The average Bonchev–Trinajstić information content (AvgIpc) is 2.61. The van der Waals surface area contributed by atoms with Crippen LogP contribution >= 0.6 is 0 Å². The van der Waals surface area contributed by atoms with Gasteiger partial charge in [-0.15, -0.1) is 0 Å². The van der Waals surface area contributed by atoms with Gasteiger partial charge < -0.3 is 14.5 Å². The van der Waals surface area contributed by atoms with Gasteiger partial charge in [0.2, 0.25) is 0 Å². The van der Waals surface area contributed by atoms with Crippen LogP contribution in [0.1, 0.15) is 16.9 Å². The van der Waals surface area contributed by atoms with Gasteiger partial charge in [-0.1, -0.05) is 18.2 Å². The van der Waals surface area contributed by atoms with Crippen molar-refractivity contribution in [3.8, 4) is 5.75 Å². The number of pyridine rings is 1. The predicted molar refractivity (Wildman–Crippen MR) is 86.3 cm³/mol. The summed E-state index contributed by atoms with van der Waals surface area (Å²) in [6.45, 7) is 1.50. The lowest BCUT2D eigenvalue weighted by molar-refractivity contribution is 0.0747. The minimum atomic E-state index is -0.0758. The van der Waals surface area contributed by atoms with Crippen molar-refractivity contribution in [3.05, 3.63) is 36.0 Å². The number of aromatic nitrogens is 1. The van der Waals surface area contributed by atoms with Gasteiger partial charge in [0.05, 0.1) is 12.1 Å². The Morgan fingerprint density at radius 1 is 1.36 bits per heavy atom. The van der Waals surface area contributed by atoms with E-state index in [-0.39, 0.29) is 12.0 Å². The Hall–Kier alpha value is -2.14. The second-order valence-corrected chi connectivity index (χ2v) is 6.05. The monoisotopic (exact) mass is 299 g/mol. The first-order valence-electron chi connectivity index (χ1n) is 7.51. The van der Waals surface area contributed by atoms with Gasteiger partial charge in [-0.3, -0.25) is 4.79 Å². The third kappa shape index (κ3) is 2.90. The van der Waals surface area contributed by atoms with E-state index in [0.29, 0.717) is 18.0 Å². The summed E-state index contributed by atoms with van der Waals surface area (Å²) in [4.78, 5) is 20.9. The molecule has 5 nitrogen and oxygen atoms in total. The van der Waals surface area contributed by atoms with Crippen LogP contribution in [-0.4, -0.2) is 61.0 Å². The number of rotatable bonds is 3. The van der Waals surface area contributed by atoms with Gasteiger partial charge in [-0.2, -0.15) is 0 Å². The predicted octanol–water partition coefficient (Wildman–Crippen LogP) is 2.02. The topological polar surface area (TPSA) is 45.7 Å². The van der Waals surface area contributed by atoms with Crippen LogP contribution in [0, 0.1) is 0 Å². The second kappa shape index (κ2) is 5.93. The number of para-hydroxylation sites is 1. The SMILES string of the molecule is CN(C)CCC1CN(C)C(=O)c2nc3ccccc3cc2O1. The van der Waals surface area contributed by atoms with Crippen LogP contribution in [0.3, 0.4) is 0 Å². The third-order valence-corrected chi connectivity index (χ3v) is 3.91. The van der Waals surface area contributed by atoms with Gasteiger partial charge >= 0.3 is 0 Å². The molecule has 0 spiro atoms. The molecule has 0 bridgehead atoms. The lowest BCUT2D eigenvalue weighted by Gasteiger charge is -2.21. The molecule has 1 aromatic heterocycles. The standard InChI is InChI=1S/C17H21N3O2/c1-19(2)9-8-13-11-20(3)17(21)16-15(22-13)10-12-6-4-5-7-14(12)18-16/h4-7,10,13H,8-9,11H2,1-3H3. The molecule has 0 saturated carbocycles. The Kier molecular flexibility index (Phi) is 3.98. The zero-order valence-corrected chi connectivity index (χ0v) is 13.2. The van der Waals surface area contributed by atoms with Crippen molar-refractivity contribution < 1.29 is 9.53 Å². The molecule has 5 heteroatoms. The van der Waals surface area contributed by atoms with Crippen molar-refractivity contribution in [3.63, 3.8) is 0 Å². The molecule has 116 valence electrons. The number of hydrogen-bond acceptors (Lipinski definition) is 4. The van der Waals surface area contributed by atoms with Gasteiger partial charge in [0.1, 0.15) is 6.10 Å². The van der Waals surface area contributed by atoms with Crippen molar-refractivity contribution in [2.75, 3.05) is 34.2 Å². The van der Waals surface area contributed by atoms with Crippen LogP contribution in [0.5, 0.6) is 5.75 Å². The van der Waals surface area contributed by atoms with Crippen molar-refractivity contribution in [1.29, 1.82) is 0 Å². The minimum absolute atomic E-state index is 0.0134. The largest absolute Gasteiger partial charge is 0.486 e. The summed E-state index contributed by atoms with van der Waals surface area (Å²) in [5.41, 5.74) is 1.23. The lowest BCUT2D eigenvalue weighted by atomic mass is 10.2. The molecule has 0 radical (unpaired) electrons. The number of amides is 1. The van der Waals surface area contributed by atoms with Gasteiger partial charge in [0.25, 0.3) is 5.91 Å². The number of nitrogens with zero attached hydrogens (tertiary/aromatic N) is 3. The molecule has 1 atom stereocenters. The maximum absolute atomic E-state index is 12.5. The first-order chi connectivity index (χ1) is 10.5. The summed E-state index contributed by atoms with van der Waals surface area (Å²) in [6.07, 6.45) is 0.859. The van der Waals surface area contributed by atoms with Crippen LogP contribution in [-0.2, 0) is 0 Å². The number of hydrogen-bond donors (Lipinski definition) is 0. The number of benzene rings is 1.